The summed E-state index contributed by atoms with van der Waals surface area (Å²) in [6.45, 7) is 12.5. The molecule has 4 aromatic carbocycles. The highest BCUT2D eigenvalue weighted by atomic mass is 16.5. The van der Waals surface area contributed by atoms with Gasteiger partial charge in [0.1, 0.15) is 18.1 Å². The van der Waals surface area contributed by atoms with Gasteiger partial charge in [0.2, 0.25) is 0 Å². The fourth-order valence-electron chi connectivity index (χ4n) is 15.9. The molecule has 4 aromatic rings. The third kappa shape index (κ3) is 11.9. The maximum Gasteiger partial charge on any atom is 0.306 e. The SMILES string of the molecule is C=CCC1=C2c3ccc(OCc4ccccc4)cc3CCC2C2CC[C@H](OCc3ccccc3)[C@@]2(C)C1.CCCCC(CCCCCCCC[C@H]1C[C@@]2(C)C(CC[C@@H]2O)C2CCc3cc(O)ccc3C21)C(=O)O. The number of hydrogen-bond donors (Lipinski definition) is 3. The van der Waals surface area contributed by atoms with Crippen LogP contribution in [0, 0.1) is 46.3 Å². The molecule has 0 bridgehead atoms. The zero-order valence-corrected chi connectivity index (χ0v) is 44.8. The highest BCUT2D eigenvalue weighted by molar-refractivity contribution is 5.77. The van der Waals surface area contributed by atoms with Gasteiger partial charge in [-0.3, -0.25) is 4.79 Å². The molecule has 6 unspecified atom stereocenters. The largest absolute Gasteiger partial charge is 0.508 e. The zero-order valence-electron chi connectivity index (χ0n) is 44.8. The van der Waals surface area contributed by atoms with Crippen LogP contribution in [-0.2, 0) is 35.6 Å². The normalized spacial score (nSPS) is 29.0. The van der Waals surface area contributed by atoms with Crippen LogP contribution in [0.5, 0.6) is 11.5 Å². The first-order valence-corrected chi connectivity index (χ1v) is 29.0. The smallest absolute Gasteiger partial charge is 0.306 e. The Labute approximate surface area is 439 Å². The van der Waals surface area contributed by atoms with E-state index in [0.29, 0.717) is 60.6 Å². The number of aliphatic hydroxyl groups excluding tert-OH is 1. The number of ether oxygens (including phenoxy) is 2. The Kier molecular flexibility index (Phi) is 17.7. The average Bonchev–Trinajstić information content (AvgIpc) is 3.90. The van der Waals surface area contributed by atoms with Crippen molar-refractivity contribution in [3.05, 3.63) is 149 Å². The molecule has 6 aliphatic carbocycles. The molecular formula is C67H88O6. The molecule has 3 saturated carbocycles. The van der Waals surface area contributed by atoms with Gasteiger partial charge in [-0.15, -0.1) is 6.58 Å². The number of aromatic hydroxyl groups is 1. The Morgan fingerprint density at radius 2 is 1.45 bits per heavy atom. The molecule has 10 rings (SSSR count). The second-order valence-electron chi connectivity index (χ2n) is 24.1. The van der Waals surface area contributed by atoms with E-state index in [1.54, 1.807) is 11.1 Å². The number of phenolic OH excluding ortho intramolecular Hbond substituents is 1. The summed E-state index contributed by atoms with van der Waals surface area (Å²) >= 11 is 0. The third-order valence-corrected chi connectivity index (χ3v) is 19.6. The second kappa shape index (κ2) is 24.3. The van der Waals surface area contributed by atoms with E-state index < -0.39 is 5.97 Å². The summed E-state index contributed by atoms with van der Waals surface area (Å²) in [5, 5.41) is 30.5. The van der Waals surface area contributed by atoms with E-state index in [9.17, 15) is 20.1 Å². The number of unbranched alkanes of at least 4 members (excludes halogenated alkanes) is 6. The van der Waals surface area contributed by atoms with Gasteiger partial charge >= 0.3 is 5.97 Å². The zero-order chi connectivity index (χ0) is 51.0. The van der Waals surface area contributed by atoms with Gasteiger partial charge in [-0.05, 0) is 194 Å². The van der Waals surface area contributed by atoms with E-state index in [-0.39, 0.29) is 22.9 Å². The van der Waals surface area contributed by atoms with Crippen molar-refractivity contribution in [2.45, 2.75) is 193 Å². The van der Waals surface area contributed by atoms with Crippen molar-refractivity contribution in [2.75, 3.05) is 0 Å². The van der Waals surface area contributed by atoms with Crippen LogP contribution in [-0.4, -0.2) is 33.5 Å². The van der Waals surface area contributed by atoms with E-state index >= 15 is 0 Å². The minimum atomic E-state index is -0.614. The number of hydrogen-bond acceptors (Lipinski definition) is 5. The van der Waals surface area contributed by atoms with Gasteiger partial charge in [0.05, 0.1) is 24.7 Å². The molecule has 6 nitrogen and oxygen atoms in total. The molecule has 0 spiro atoms. The van der Waals surface area contributed by atoms with Crippen molar-refractivity contribution >= 4 is 11.5 Å². The molecule has 3 fully saturated rings. The van der Waals surface area contributed by atoms with Crippen molar-refractivity contribution in [2.24, 2.45) is 46.3 Å². The number of allylic oxidation sites excluding steroid dienone is 3. The average molecular weight is 989 g/mol. The Morgan fingerprint density at radius 3 is 2.19 bits per heavy atom. The predicted molar refractivity (Wildman–Crippen MR) is 296 cm³/mol. The number of fused-ring (bicyclic) bond motifs is 10. The van der Waals surface area contributed by atoms with Crippen molar-refractivity contribution in [1.29, 1.82) is 0 Å². The fourth-order valence-corrected chi connectivity index (χ4v) is 15.9. The summed E-state index contributed by atoms with van der Waals surface area (Å²) in [4.78, 5) is 11.4. The first-order chi connectivity index (χ1) is 35.5. The van der Waals surface area contributed by atoms with Crippen LogP contribution in [0.4, 0.5) is 0 Å². The van der Waals surface area contributed by atoms with Crippen LogP contribution < -0.4 is 4.74 Å². The van der Waals surface area contributed by atoms with Crippen LogP contribution in [0.15, 0.2) is 115 Å². The molecule has 73 heavy (non-hydrogen) atoms. The Morgan fingerprint density at radius 1 is 0.753 bits per heavy atom. The van der Waals surface area contributed by atoms with Crippen LogP contribution in [0.3, 0.4) is 0 Å². The molecule has 0 aromatic heterocycles. The maximum absolute atomic E-state index is 11.4. The fraction of sp³-hybridized carbons (Fsp3) is 0.567. The molecular weight excluding hydrogens is 901 g/mol. The molecule has 6 aliphatic rings. The number of aryl methyl sites for hydroxylation is 2. The van der Waals surface area contributed by atoms with E-state index in [0.717, 1.165) is 89.2 Å². The van der Waals surface area contributed by atoms with E-state index in [2.05, 4.69) is 112 Å². The number of rotatable bonds is 21. The topological polar surface area (TPSA) is 96.2 Å². The molecule has 0 amide bonds. The third-order valence-electron chi connectivity index (χ3n) is 19.6. The van der Waals surface area contributed by atoms with Gasteiger partial charge in [0.25, 0.3) is 0 Å². The molecule has 6 heteroatoms. The van der Waals surface area contributed by atoms with Crippen molar-refractivity contribution < 1.29 is 29.6 Å². The first-order valence-electron chi connectivity index (χ1n) is 29.0. The lowest BCUT2D eigenvalue weighted by Crippen LogP contribution is -2.47. The Balaban J connectivity index is 0.000000180. The van der Waals surface area contributed by atoms with Gasteiger partial charge < -0.3 is 24.8 Å². The summed E-state index contributed by atoms with van der Waals surface area (Å²) in [6.07, 6.45) is 26.7. The minimum absolute atomic E-state index is 0.0682. The second-order valence-corrected chi connectivity index (χ2v) is 24.1. The van der Waals surface area contributed by atoms with Crippen LogP contribution in [0.2, 0.25) is 0 Å². The van der Waals surface area contributed by atoms with E-state index in [1.165, 1.54) is 91.2 Å². The van der Waals surface area contributed by atoms with Crippen molar-refractivity contribution in [3.8, 4) is 11.5 Å². The first kappa shape index (κ1) is 53.2. The molecule has 0 aliphatic heterocycles. The van der Waals surface area contributed by atoms with Crippen molar-refractivity contribution in [1.82, 2.24) is 0 Å². The van der Waals surface area contributed by atoms with Gasteiger partial charge in [0, 0.05) is 5.41 Å². The van der Waals surface area contributed by atoms with Gasteiger partial charge in [0.15, 0.2) is 0 Å². The molecule has 0 radical (unpaired) electrons. The number of aliphatic carboxylic acids is 1. The lowest BCUT2D eigenvalue weighted by Gasteiger charge is -2.54. The van der Waals surface area contributed by atoms with Gasteiger partial charge in [-0.2, -0.15) is 0 Å². The van der Waals surface area contributed by atoms with E-state index in [4.69, 9.17) is 9.47 Å². The number of carboxylic acids is 1. The Hall–Kier alpha value is -4.65. The highest BCUT2D eigenvalue weighted by Crippen LogP contribution is 2.64. The van der Waals surface area contributed by atoms with Crippen LogP contribution >= 0.6 is 0 Å². The number of carbonyl (C=O) groups is 1. The molecule has 11 atom stereocenters. The standard InChI is InChI=1S/C35H38O2.C32H50O4/c1-3-10-28-22-35(2)32(19-20-33(35)37-24-26-13-8-5-9-14-26)31-17-15-27-21-29(16-18-30(27)34(28)31)36-23-25-11-6-4-7-12-25;1-3-4-11-22(31(35)36)12-9-7-5-6-8-10-13-24-21-32(2)28(18-19-29(32)34)27-16-14-23-20-25(33)15-17-26(23)30(24)27/h3-9,11-14,16,18,21,31-33H,1,10,15,17,19-20,22-24H2,2H3;15,17,20,22,24,27-30,33-34H,3-14,16,18-19,21H2,1-2H3,(H,35,36)/t31?,32?,33-,35-;22?,24-,27?,28?,29-,30?,32-/m00/s1. The minimum Gasteiger partial charge on any atom is -0.508 e. The van der Waals surface area contributed by atoms with Crippen molar-refractivity contribution in [3.63, 3.8) is 0 Å². The van der Waals surface area contributed by atoms with E-state index in [1.807, 2.05) is 18.2 Å². The lowest BCUT2D eigenvalue weighted by molar-refractivity contribution is -0.142. The number of phenols is 1. The summed E-state index contributed by atoms with van der Waals surface area (Å²) in [7, 11) is 0. The van der Waals surface area contributed by atoms with Crippen LogP contribution in [0.1, 0.15) is 188 Å². The number of carboxylic acid groups (broad SMARTS) is 1. The van der Waals surface area contributed by atoms with Crippen LogP contribution in [0.25, 0.3) is 5.57 Å². The molecule has 3 N–H and O–H groups in total. The molecule has 392 valence electrons. The van der Waals surface area contributed by atoms with Gasteiger partial charge in [-0.1, -0.05) is 157 Å². The monoisotopic (exact) mass is 989 g/mol. The summed E-state index contributed by atoms with van der Waals surface area (Å²) < 4.78 is 12.8. The number of aliphatic hydroxyl groups is 1. The number of benzene rings is 4. The lowest BCUT2D eigenvalue weighted by atomic mass is 9.51. The quantitative estimate of drug-likeness (QED) is 0.0569. The molecule has 0 saturated heterocycles. The predicted octanol–water partition coefficient (Wildman–Crippen LogP) is 16.4. The van der Waals surface area contributed by atoms with Gasteiger partial charge in [-0.25, -0.2) is 0 Å². The maximum atomic E-state index is 11.4. The summed E-state index contributed by atoms with van der Waals surface area (Å²) in [5.74, 6) is 4.37. The summed E-state index contributed by atoms with van der Waals surface area (Å²) in [5.41, 5.74) is 11.6. The Bertz CT molecular complexity index is 2480. The molecule has 0 heterocycles. The summed E-state index contributed by atoms with van der Waals surface area (Å²) in [6, 6.07) is 33.9. The highest BCUT2D eigenvalue weighted by Gasteiger charge is 2.58.